The fraction of sp³-hybridized carbons (Fsp3) is 0.158. The van der Waals surface area contributed by atoms with Gasteiger partial charge in [-0.3, -0.25) is 4.79 Å². The summed E-state index contributed by atoms with van der Waals surface area (Å²) in [4.78, 5) is 16.2. The van der Waals surface area contributed by atoms with Crippen molar-refractivity contribution in [2.24, 2.45) is 5.92 Å². The molecule has 5 nitrogen and oxygen atoms in total. The van der Waals surface area contributed by atoms with Crippen molar-refractivity contribution in [3.8, 4) is 17.2 Å². The molecule has 1 aliphatic heterocycles. The molecule has 4 rings (SSSR count). The normalized spacial score (nSPS) is 16.1. The lowest BCUT2D eigenvalue weighted by molar-refractivity contribution is 0.0819. The minimum atomic E-state index is -0.281. The Bertz CT molecular complexity index is 843. The standard InChI is InChI=1S/C19H15NO4/c21-18(19-20-8-9-22-19)14-10-13-6-7-16(11-17(13)23-12-14)24-15-4-2-1-3-5-15/h1-9,11,14H,10,12H2. The average Bonchev–Trinajstić information content (AvgIpc) is 3.16. The SMILES string of the molecule is O=C(c1ncco1)C1COc2cc(Oc3ccccc3)ccc2C1. The Balaban J connectivity index is 1.50. The van der Waals surface area contributed by atoms with Gasteiger partial charge in [-0.25, -0.2) is 4.98 Å². The quantitative estimate of drug-likeness (QED) is 0.682. The van der Waals surface area contributed by atoms with Crippen LogP contribution in [0.3, 0.4) is 0 Å². The van der Waals surface area contributed by atoms with Crippen molar-refractivity contribution < 1.29 is 18.7 Å². The van der Waals surface area contributed by atoms with Crippen LogP contribution in [0.5, 0.6) is 17.2 Å². The van der Waals surface area contributed by atoms with Crippen LogP contribution in [0.25, 0.3) is 0 Å². The second-order valence-corrected chi connectivity index (χ2v) is 5.60. The van der Waals surface area contributed by atoms with Crippen LogP contribution < -0.4 is 9.47 Å². The van der Waals surface area contributed by atoms with E-state index >= 15 is 0 Å². The highest BCUT2D eigenvalue weighted by Crippen LogP contribution is 2.33. The Morgan fingerprint density at radius 3 is 2.79 bits per heavy atom. The number of hydrogen-bond donors (Lipinski definition) is 0. The third kappa shape index (κ3) is 2.88. The summed E-state index contributed by atoms with van der Waals surface area (Å²) in [6.07, 6.45) is 3.47. The van der Waals surface area contributed by atoms with E-state index in [-0.39, 0.29) is 17.6 Å². The molecule has 5 heteroatoms. The maximum atomic E-state index is 12.3. The zero-order valence-electron chi connectivity index (χ0n) is 12.8. The Labute approximate surface area is 138 Å². The van der Waals surface area contributed by atoms with E-state index in [1.165, 1.54) is 12.5 Å². The number of rotatable bonds is 4. The fourth-order valence-corrected chi connectivity index (χ4v) is 2.73. The van der Waals surface area contributed by atoms with Crippen molar-refractivity contribution in [2.45, 2.75) is 6.42 Å². The van der Waals surface area contributed by atoms with Crippen LogP contribution >= 0.6 is 0 Å². The molecule has 0 fully saturated rings. The summed E-state index contributed by atoms with van der Waals surface area (Å²) < 4.78 is 16.7. The highest BCUT2D eigenvalue weighted by Gasteiger charge is 2.29. The molecule has 0 saturated heterocycles. The molecule has 1 aromatic heterocycles. The molecule has 0 saturated carbocycles. The molecular weight excluding hydrogens is 306 g/mol. The molecule has 0 aliphatic carbocycles. The van der Waals surface area contributed by atoms with E-state index in [0.29, 0.717) is 18.8 Å². The molecule has 1 unspecified atom stereocenters. The molecule has 24 heavy (non-hydrogen) atoms. The number of oxazole rings is 1. The molecule has 120 valence electrons. The lowest BCUT2D eigenvalue weighted by atomic mass is 9.93. The van der Waals surface area contributed by atoms with E-state index in [4.69, 9.17) is 13.9 Å². The minimum absolute atomic E-state index is 0.129. The topological polar surface area (TPSA) is 61.6 Å². The zero-order valence-corrected chi connectivity index (χ0v) is 12.8. The number of Topliss-reactive ketones (excluding diaryl/α,β-unsaturated/α-hetero) is 1. The summed E-state index contributed by atoms with van der Waals surface area (Å²) in [6, 6.07) is 15.2. The minimum Gasteiger partial charge on any atom is -0.492 e. The summed E-state index contributed by atoms with van der Waals surface area (Å²) in [5.41, 5.74) is 0.978. The summed E-state index contributed by atoms with van der Waals surface area (Å²) >= 11 is 0. The Morgan fingerprint density at radius 2 is 2.00 bits per heavy atom. The first-order chi connectivity index (χ1) is 11.8. The third-order valence-corrected chi connectivity index (χ3v) is 3.94. The smallest absolute Gasteiger partial charge is 0.263 e. The van der Waals surface area contributed by atoms with Crippen molar-refractivity contribution in [3.05, 3.63) is 72.4 Å². The Morgan fingerprint density at radius 1 is 1.12 bits per heavy atom. The summed E-state index contributed by atoms with van der Waals surface area (Å²) in [7, 11) is 0. The van der Waals surface area contributed by atoms with Crippen molar-refractivity contribution in [1.82, 2.24) is 4.98 Å². The summed E-state index contributed by atoms with van der Waals surface area (Å²) in [5.74, 6) is 1.95. The van der Waals surface area contributed by atoms with Crippen molar-refractivity contribution in [3.63, 3.8) is 0 Å². The van der Waals surface area contributed by atoms with Gasteiger partial charge >= 0.3 is 0 Å². The first kappa shape index (κ1) is 14.5. The van der Waals surface area contributed by atoms with Gasteiger partial charge in [0.05, 0.1) is 18.7 Å². The van der Waals surface area contributed by atoms with Crippen LogP contribution in [0.2, 0.25) is 0 Å². The van der Waals surface area contributed by atoms with Gasteiger partial charge in [0.25, 0.3) is 5.89 Å². The molecule has 0 amide bonds. The molecule has 0 bridgehead atoms. The molecule has 3 aromatic rings. The van der Waals surface area contributed by atoms with Gasteiger partial charge in [-0.1, -0.05) is 24.3 Å². The molecule has 2 aromatic carbocycles. The number of ether oxygens (including phenoxy) is 2. The summed E-state index contributed by atoms with van der Waals surface area (Å²) in [5, 5.41) is 0. The van der Waals surface area contributed by atoms with Crippen LogP contribution in [0.15, 0.2) is 65.4 Å². The largest absolute Gasteiger partial charge is 0.492 e. The lowest BCUT2D eigenvalue weighted by Gasteiger charge is -2.24. The number of nitrogens with zero attached hydrogens (tertiary/aromatic N) is 1. The molecule has 2 heterocycles. The Hall–Kier alpha value is -3.08. The second-order valence-electron chi connectivity index (χ2n) is 5.60. The number of fused-ring (bicyclic) bond motifs is 1. The average molecular weight is 321 g/mol. The summed E-state index contributed by atoms with van der Waals surface area (Å²) in [6.45, 7) is 0.309. The van der Waals surface area contributed by atoms with Gasteiger partial charge in [-0.05, 0) is 30.2 Å². The zero-order chi connectivity index (χ0) is 16.4. The molecule has 1 atom stereocenters. The highest BCUT2D eigenvalue weighted by molar-refractivity contribution is 5.94. The monoisotopic (exact) mass is 321 g/mol. The maximum absolute atomic E-state index is 12.3. The van der Waals surface area contributed by atoms with E-state index < -0.39 is 0 Å². The molecule has 0 radical (unpaired) electrons. The Kier molecular flexibility index (Phi) is 3.75. The molecule has 0 N–H and O–H groups in total. The van der Waals surface area contributed by atoms with E-state index in [1.807, 2.05) is 48.5 Å². The van der Waals surface area contributed by atoms with Gasteiger partial charge in [-0.2, -0.15) is 0 Å². The van der Waals surface area contributed by atoms with Crippen molar-refractivity contribution in [1.29, 1.82) is 0 Å². The first-order valence-electron chi connectivity index (χ1n) is 7.72. The van der Waals surface area contributed by atoms with Crippen LogP contribution in [-0.4, -0.2) is 17.4 Å². The van der Waals surface area contributed by atoms with Gasteiger partial charge in [0.15, 0.2) is 0 Å². The van der Waals surface area contributed by atoms with Crippen LogP contribution in [0.4, 0.5) is 0 Å². The van der Waals surface area contributed by atoms with Crippen LogP contribution in [0, 0.1) is 5.92 Å². The number of aromatic nitrogens is 1. The van der Waals surface area contributed by atoms with Gasteiger partial charge in [0.1, 0.15) is 23.5 Å². The number of carbonyl (C=O) groups excluding carboxylic acids is 1. The van der Waals surface area contributed by atoms with E-state index in [1.54, 1.807) is 0 Å². The number of carbonyl (C=O) groups is 1. The fourth-order valence-electron chi connectivity index (χ4n) is 2.73. The van der Waals surface area contributed by atoms with Gasteiger partial charge in [0.2, 0.25) is 5.78 Å². The first-order valence-corrected chi connectivity index (χ1v) is 7.72. The lowest BCUT2D eigenvalue weighted by Crippen LogP contribution is -2.28. The van der Waals surface area contributed by atoms with Crippen LogP contribution in [-0.2, 0) is 6.42 Å². The number of hydrogen-bond acceptors (Lipinski definition) is 5. The number of para-hydroxylation sites is 1. The van der Waals surface area contributed by atoms with Crippen molar-refractivity contribution >= 4 is 5.78 Å². The number of benzene rings is 2. The van der Waals surface area contributed by atoms with Gasteiger partial charge in [0, 0.05) is 6.07 Å². The number of ketones is 1. The van der Waals surface area contributed by atoms with Gasteiger partial charge in [-0.15, -0.1) is 0 Å². The van der Waals surface area contributed by atoms with Gasteiger partial charge < -0.3 is 13.9 Å². The molecule has 0 spiro atoms. The van der Waals surface area contributed by atoms with Crippen molar-refractivity contribution in [2.75, 3.05) is 6.61 Å². The predicted molar refractivity (Wildman–Crippen MR) is 86.5 cm³/mol. The predicted octanol–water partition coefficient (Wildman–Crippen LogP) is 3.90. The third-order valence-electron chi connectivity index (χ3n) is 3.94. The van der Waals surface area contributed by atoms with E-state index in [2.05, 4.69) is 4.98 Å². The van der Waals surface area contributed by atoms with E-state index in [9.17, 15) is 4.79 Å². The molecule has 1 aliphatic rings. The molecular formula is C19H15NO4. The second kappa shape index (κ2) is 6.20. The van der Waals surface area contributed by atoms with E-state index in [0.717, 1.165) is 17.1 Å². The maximum Gasteiger partial charge on any atom is 0.263 e. The van der Waals surface area contributed by atoms with Crippen LogP contribution in [0.1, 0.15) is 16.2 Å². The highest BCUT2D eigenvalue weighted by atomic mass is 16.5.